The summed E-state index contributed by atoms with van der Waals surface area (Å²) in [7, 11) is 0. The van der Waals surface area contributed by atoms with E-state index >= 15 is 0 Å². The molecule has 2 rings (SSSR count). The van der Waals surface area contributed by atoms with Crippen LogP contribution in [-0.2, 0) is 0 Å². The van der Waals surface area contributed by atoms with E-state index in [1.807, 2.05) is 11.3 Å². The van der Waals surface area contributed by atoms with Gasteiger partial charge in [-0.25, -0.2) is 4.98 Å². The third-order valence-electron chi connectivity index (χ3n) is 3.55. The molecule has 0 aliphatic carbocycles. The van der Waals surface area contributed by atoms with Crippen LogP contribution in [0.1, 0.15) is 49.3 Å². The molecule has 0 saturated carbocycles. The highest BCUT2D eigenvalue weighted by molar-refractivity contribution is 7.25. The van der Waals surface area contributed by atoms with Gasteiger partial charge in [-0.1, -0.05) is 44.4 Å². The van der Waals surface area contributed by atoms with Gasteiger partial charge in [0.1, 0.15) is 0 Å². The van der Waals surface area contributed by atoms with Crippen molar-refractivity contribution in [3.05, 3.63) is 9.75 Å². The first-order valence-corrected chi connectivity index (χ1v) is 8.78. The minimum Gasteiger partial charge on any atom is -0.470 e. The summed E-state index contributed by atoms with van der Waals surface area (Å²) in [6.07, 6.45) is 5.02. The number of fused-ring (bicyclic) bond motifs is 1. The highest BCUT2D eigenvalue weighted by atomic mass is 32.1. The summed E-state index contributed by atoms with van der Waals surface area (Å²) in [5, 5.41) is 0.846. The predicted molar refractivity (Wildman–Crippen MR) is 85.8 cm³/mol. The number of aryl methyl sites for hydroxylation is 2. The van der Waals surface area contributed by atoms with E-state index in [4.69, 9.17) is 4.74 Å². The lowest BCUT2D eigenvalue weighted by molar-refractivity contribution is 0.233. The fourth-order valence-corrected chi connectivity index (χ4v) is 4.34. The predicted octanol–water partition coefficient (Wildman–Crippen LogP) is 5.57. The van der Waals surface area contributed by atoms with Crippen molar-refractivity contribution in [3.8, 4) is 5.19 Å². The molecule has 0 amide bonds. The molecule has 1 unspecified atom stereocenters. The molecular formula is C15H23NOS2. The molecule has 0 fully saturated rings. The number of rotatable bonds is 7. The molecule has 2 aromatic heterocycles. The van der Waals surface area contributed by atoms with Gasteiger partial charge in [-0.05, 0) is 26.2 Å². The number of hydrogen-bond donors (Lipinski definition) is 0. The summed E-state index contributed by atoms with van der Waals surface area (Å²) < 4.78 is 7.23. The highest BCUT2D eigenvalue weighted by Gasteiger charge is 2.14. The number of unbranched alkanes of at least 4 members (excludes halogenated alkanes) is 1. The standard InChI is InChI=1S/C15H23NOS2/c1-5-7-8-12(6-2)9-17-15-16-13-10(3)18-11(4)14(13)19-15/h12H,5-9H2,1-4H3. The quantitative estimate of drug-likeness (QED) is 0.666. The van der Waals surface area contributed by atoms with Crippen LogP contribution >= 0.6 is 22.7 Å². The van der Waals surface area contributed by atoms with Crippen LogP contribution in [0.4, 0.5) is 0 Å². The third-order valence-corrected chi connectivity index (χ3v) is 5.78. The Morgan fingerprint density at radius 2 is 1.95 bits per heavy atom. The molecule has 0 aliphatic rings. The first-order valence-electron chi connectivity index (χ1n) is 7.15. The molecule has 0 aliphatic heterocycles. The van der Waals surface area contributed by atoms with Crippen LogP contribution in [0.2, 0.25) is 0 Å². The van der Waals surface area contributed by atoms with Crippen LogP contribution in [0, 0.1) is 19.8 Å². The number of nitrogens with zero attached hydrogens (tertiary/aromatic N) is 1. The molecule has 0 aromatic carbocycles. The number of thiazole rings is 1. The SMILES string of the molecule is CCCCC(CC)COc1nc2c(C)sc(C)c2s1. The van der Waals surface area contributed by atoms with Crippen molar-refractivity contribution in [2.24, 2.45) is 5.92 Å². The van der Waals surface area contributed by atoms with E-state index in [9.17, 15) is 0 Å². The van der Waals surface area contributed by atoms with Crippen LogP contribution < -0.4 is 4.74 Å². The lowest BCUT2D eigenvalue weighted by Crippen LogP contribution is -2.11. The molecule has 106 valence electrons. The van der Waals surface area contributed by atoms with E-state index in [0.717, 1.165) is 17.3 Å². The third kappa shape index (κ3) is 3.48. The Labute approximate surface area is 123 Å². The van der Waals surface area contributed by atoms with Crippen molar-refractivity contribution in [2.75, 3.05) is 6.61 Å². The normalized spacial score (nSPS) is 13.1. The molecule has 2 nitrogen and oxygen atoms in total. The van der Waals surface area contributed by atoms with E-state index in [0.29, 0.717) is 5.92 Å². The lowest BCUT2D eigenvalue weighted by atomic mass is 10.0. The fourth-order valence-electron chi connectivity index (χ4n) is 2.25. The average molecular weight is 297 g/mol. The minimum absolute atomic E-state index is 0.670. The van der Waals surface area contributed by atoms with E-state index in [2.05, 4.69) is 32.7 Å². The molecule has 0 spiro atoms. The Morgan fingerprint density at radius 3 is 2.58 bits per heavy atom. The highest BCUT2D eigenvalue weighted by Crippen LogP contribution is 2.37. The maximum atomic E-state index is 5.92. The van der Waals surface area contributed by atoms with Gasteiger partial charge >= 0.3 is 0 Å². The van der Waals surface area contributed by atoms with Crippen molar-refractivity contribution < 1.29 is 4.74 Å². The zero-order chi connectivity index (χ0) is 13.8. The zero-order valence-electron chi connectivity index (χ0n) is 12.3. The summed E-state index contributed by atoms with van der Waals surface area (Å²) in [6, 6.07) is 0. The smallest absolute Gasteiger partial charge is 0.274 e. The van der Waals surface area contributed by atoms with Gasteiger partial charge in [0, 0.05) is 9.75 Å². The molecular weight excluding hydrogens is 274 g/mol. The number of ether oxygens (including phenoxy) is 1. The monoisotopic (exact) mass is 297 g/mol. The Kier molecular flexibility index (Phi) is 5.22. The van der Waals surface area contributed by atoms with Crippen molar-refractivity contribution in [3.63, 3.8) is 0 Å². The van der Waals surface area contributed by atoms with E-state index in [1.165, 1.54) is 40.1 Å². The molecule has 1 atom stereocenters. The first kappa shape index (κ1) is 14.8. The van der Waals surface area contributed by atoms with Gasteiger partial charge in [0.05, 0.1) is 16.8 Å². The number of thiophene rings is 1. The number of aromatic nitrogens is 1. The van der Waals surface area contributed by atoms with Gasteiger partial charge in [-0.2, -0.15) is 0 Å². The van der Waals surface area contributed by atoms with E-state index in [1.54, 1.807) is 11.3 Å². The molecule has 0 bridgehead atoms. The molecule has 0 N–H and O–H groups in total. The zero-order valence-corrected chi connectivity index (χ0v) is 13.9. The molecule has 19 heavy (non-hydrogen) atoms. The maximum Gasteiger partial charge on any atom is 0.274 e. The van der Waals surface area contributed by atoms with Crippen LogP contribution in [-0.4, -0.2) is 11.6 Å². The summed E-state index contributed by atoms with van der Waals surface area (Å²) in [4.78, 5) is 7.29. The van der Waals surface area contributed by atoms with Crippen LogP contribution in [0.25, 0.3) is 10.2 Å². The van der Waals surface area contributed by atoms with Crippen LogP contribution in [0.15, 0.2) is 0 Å². The van der Waals surface area contributed by atoms with Crippen molar-refractivity contribution in [2.45, 2.75) is 53.4 Å². The van der Waals surface area contributed by atoms with Gasteiger partial charge in [0.2, 0.25) is 0 Å². The van der Waals surface area contributed by atoms with Gasteiger partial charge < -0.3 is 4.74 Å². The molecule has 2 heterocycles. The summed E-state index contributed by atoms with van der Waals surface area (Å²) in [6.45, 7) is 9.61. The van der Waals surface area contributed by atoms with Crippen LogP contribution in [0.3, 0.4) is 0 Å². The average Bonchev–Trinajstić information content (AvgIpc) is 2.92. The first-order chi connectivity index (χ1) is 9.15. The van der Waals surface area contributed by atoms with Crippen molar-refractivity contribution >= 4 is 32.9 Å². The van der Waals surface area contributed by atoms with Gasteiger partial charge in [-0.3, -0.25) is 0 Å². The molecule has 0 saturated heterocycles. The topological polar surface area (TPSA) is 22.1 Å². The second kappa shape index (κ2) is 6.71. The van der Waals surface area contributed by atoms with Crippen LogP contribution in [0.5, 0.6) is 5.19 Å². The van der Waals surface area contributed by atoms with E-state index in [-0.39, 0.29) is 0 Å². The Morgan fingerprint density at radius 1 is 1.16 bits per heavy atom. The van der Waals surface area contributed by atoms with Gasteiger partial charge in [-0.15, -0.1) is 11.3 Å². The molecule has 4 heteroatoms. The maximum absolute atomic E-state index is 5.92. The largest absolute Gasteiger partial charge is 0.470 e. The van der Waals surface area contributed by atoms with E-state index < -0.39 is 0 Å². The Bertz CT molecular complexity index is 495. The fraction of sp³-hybridized carbons (Fsp3) is 0.667. The Balaban J connectivity index is 1.99. The van der Waals surface area contributed by atoms with Gasteiger partial charge in [0.25, 0.3) is 5.19 Å². The minimum atomic E-state index is 0.670. The van der Waals surface area contributed by atoms with Crippen molar-refractivity contribution in [1.82, 2.24) is 4.98 Å². The van der Waals surface area contributed by atoms with Crippen molar-refractivity contribution in [1.29, 1.82) is 0 Å². The lowest BCUT2D eigenvalue weighted by Gasteiger charge is -2.13. The molecule has 2 aromatic rings. The Hall–Kier alpha value is -0.610. The second-order valence-electron chi connectivity index (χ2n) is 5.10. The second-order valence-corrected chi connectivity index (χ2v) is 7.49. The summed E-state index contributed by atoms with van der Waals surface area (Å²) >= 11 is 3.53. The number of hydrogen-bond acceptors (Lipinski definition) is 4. The summed E-state index contributed by atoms with van der Waals surface area (Å²) in [5.41, 5.74) is 1.14. The molecule has 0 radical (unpaired) electrons. The van der Waals surface area contributed by atoms with Gasteiger partial charge in [0.15, 0.2) is 0 Å². The summed E-state index contributed by atoms with van der Waals surface area (Å²) in [5.74, 6) is 0.670.